The van der Waals surface area contributed by atoms with E-state index < -0.39 is 0 Å². The minimum atomic E-state index is 0.393. The Kier molecular flexibility index (Phi) is 4.66. The molecular weight excluding hydrogens is 262 g/mol. The van der Waals surface area contributed by atoms with Gasteiger partial charge in [-0.2, -0.15) is 5.26 Å². The molecule has 0 aromatic heterocycles. The van der Waals surface area contributed by atoms with Crippen LogP contribution in [-0.4, -0.2) is 13.2 Å². The summed E-state index contributed by atoms with van der Waals surface area (Å²) >= 11 is 5.90. The number of hydrogen-bond donors (Lipinski definition) is 0. The van der Waals surface area contributed by atoms with E-state index in [2.05, 4.69) is 0 Å². The molecule has 0 amide bonds. The molecule has 0 aliphatic heterocycles. The molecule has 4 heteroatoms. The van der Waals surface area contributed by atoms with Gasteiger partial charge in [0.2, 0.25) is 0 Å². The van der Waals surface area contributed by atoms with E-state index in [0.717, 1.165) is 5.75 Å². The first-order chi connectivity index (χ1) is 9.29. The molecule has 3 nitrogen and oxygen atoms in total. The first-order valence-electron chi connectivity index (χ1n) is 5.80. The van der Waals surface area contributed by atoms with Gasteiger partial charge in [-0.1, -0.05) is 29.8 Å². The van der Waals surface area contributed by atoms with Crippen LogP contribution in [0.5, 0.6) is 11.5 Å². The third-order valence-corrected chi connectivity index (χ3v) is 2.74. The molecule has 2 aromatic rings. The van der Waals surface area contributed by atoms with Crippen LogP contribution in [0, 0.1) is 11.3 Å². The van der Waals surface area contributed by atoms with Gasteiger partial charge in [0.25, 0.3) is 0 Å². The zero-order valence-corrected chi connectivity index (χ0v) is 10.9. The first kappa shape index (κ1) is 13.3. The van der Waals surface area contributed by atoms with E-state index in [-0.39, 0.29) is 0 Å². The van der Waals surface area contributed by atoms with Crippen LogP contribution in [0.1, 0.15) is 5.56 Å². The van der Waals surface area contributed by atoms with Crippen molar-refractivity contribution in [3.63, 3.8) is 0 Å². The lowest BCUT2D eigenvalue weighted by Crippen LogP contribution is -2.08. The Morgan fingerprint density at radius 3 is 2.26 bits per heavy atom. The van der Waals surface area contributed by atoms with E-state index in [1.54, 1.807) is 18.2 Å². The Bertz CT molecular complexity index is 578. The van der Waals surface area contributed by atoms with Crippen LogP contribution < -0.4 is 9.47 Å². The van der Waals surface area contributed by atoms with Crippen molar-refractivity contribution in [2.24, 2.45) is 0 Å². The molecule has 0 heterocycles. The van der Waals surface area contributed by atoms with Gasteiger partial charge in [0.15, 0.2) is 0 Å². The number of nitriles is 1. The van der Waals surface area contributed by atoms with Crippen LogP contribution in [0.3, 0.4) is 0 Å². The second kappa shape index (κ2) is 6.67. The number of nitrogens with zero attached hydrogens (tertiary/aromatic N) is 1. The van der Waals surface area contributed by atoms with Crippen molar-refractivity contribution in [2.45, 2.75) is 0 Å². The molecule has 0 unspecified atom stereocenters. The number of rotatable bonds is 5. The van der Waals surface area contributed by atoms with Crippen molar-refractivity contribution in [2.75, 3.05) is 13.2 Å². The molecule has 2 aromatic carbocycles. The number of benzene rings is 2. The molecule has 96 valence electrons. The predicted molar refractivity (Wildman–Crippen MR) is 73.6 cm³/mol. The van der Waals surface area contributed by atoms with Gasteiger partial charge in [-0.3, -0.25) is 0 Å². The van der Waals surface area contributed by atoms with E-state index in [1.165, 1.54) is 0 Å². The summed E-state index contributed by atoms with van der Waals surface area (Å²) in [6, 6.07) is 16.5. The minimum absolute atomic E-state index is 0.393. The maximum absolute atomic E-state index is 8.75. The highest BCUT2D eigenvalue weighted by molar-refractivity contribution is 6.31. The minimum Gasteiger partial charge on any atom is -0.490 e. The summed E-state index contributed by atoms with van der Waals surface area (Å²) in [5.74, 6) is 1.43. The van der Waals surface area contributed by atoms with Crippen LogP contribution >= 0.6 is 11.6 Å². The fraction of sp³-hybridized carbons (Fsp3) is 0.133. The molecular formula is C15H12ClNO2. The van der Waals surface area contributed by atoms with Gasteiger partial charge in [0, 0.05) is 6.07 Å². The van der Waals surface area contributed by atoms with Crippen LogP contribution in [0.15, 0.2) is 48.5 Å². The molecule has 0 saturated heterocycles. The second-order valence-corrected chi connectivity index (χ2v) is 4.17. The molecule has 0 saturated carbocycles. The quantitative estimate of drug-likeness (QED) is 0.781. The summed E-state index contributed by atoms with van der Waals surface area (Å²) in [7, 11) is 0. The second-order valence-electron chi connectivity index (χ2n) is 3.76. The molecule has 0 aliphatic rings. The van der Waals surface area contributed by atoms with E-state index in [1.807, 2.05) is 36.4 Å². The van der Waals surface area contributed by atoms with Crippen molar-refractivity contribution in [3.05, 3.63) is 59.1 Å². The van der Waals surface area contributed by atoms with Crippen molar-refractivity contribution >= 4 is 11.6 Å². The standard InChI is InChI=1S/C15H12ClNO2/c16-15-10-14(7-6-12(15)11-17)19-9-8-18-13-4-2-1-3-5-13/h1-7,10H,8-9H2. The fourth-order valence-electron chi connectivity index (χ4n) is 1.51. The van der Waals surface area contributed by atoms with E-state index in [0.29, 0.717) is 29.5 Å². The number of hydrogen-bond acceptors (Lipinski definition) is 3. The predicted octanol–water partition coefficient (Wildman–Crippen LogP) is 3.67. The third-order valence-electron chi connectivity index (χ3n) is 2.42. The smallest absolute Gasteiger partial charge is 0.122 e. The normalized spacial score (nSPS) is 9.68. The average molecular weight is 274 g/mol. The number of para-hydroxylation sites is 1. The molecule has 19 heavy (non-hydrogen) atoms. The highest BCUT2D eigenvalue weighted by Gasteiger charge is 2.01. The molecule has 0 aliphatic carbocycles. The third kappa shape index (κ3) is 3.90. The van der Waals surface area contributed by atoms with Crippen molar-refractivity contribution < 1.29 is 9.47 Å². The number of ether oxygens (including phenoxy) is 2. The molecule has 0 spiro atoms. The molecule has 0 bridgehead atoms. The lowest BCUT2D eigenvalue weighted by molar-refractivity contribution is 0.217. The lowest BCUT2D eigenvalue weighted by Gasteiger charge is -2.08. The lowest BCUT2D eigenvalue weighted by atomic mass is 10.2. The van der Waals surface area contributed by atoms with Gasteiger partial charge < -0.3 is 9.47 Å². The zero-order valence-electron chi connectivity index (χ0n) is 10.2. The summed E-state index contributed by atoms with van der Waals surface area (Å²) < 4.78 is 11.0. The van der Waals surface area contributed by atoms with Gasteiger partial charge in [-0.25, -0.2) is 0 Å². The summed E-state index contributed by atoms with van der Waals surface area (Å²) in [5, 5.41) is 9.15. The van der Waals surface area contributed by atoms with Crippen molar-refractivity contribution in [1.29, 1.82) is 5.26 Å². The Labute approximate surface area is 117 Å². The van der Waals surface area contributed by atoms with Gasteiger partial charge >= 0.3 is 0 Å². The summed E-state index contributed by atoms with van der Waals surface area (Å²) in [6.45, 7) is 0.860. The van der Waals surface area contributed by atoms with Gasteiger partial charge in [0.05, 0.1) is 10.6 Å². The summed E-state index contributed by atoms with van der Waals surface area (Å²) in [4.78, 5) is 0. The largest absolute Gasteiger partial charge is 0.490 e. The van der Waals surface area contributed by atoms with Crippen molar-refractivity contribution in [3.8, 4) is 17.6 Å². The van der Waals surface area contributed by atoms with Gasteiger partial charge in [0.1, 0.15) is 30.8 Å². The van der Waals surface area contributed by atoms with Crippen LogP contribution in [0.2, 0.25) is 5.02 Å². The first-order valence-corrected chi connectivity index (χ1v) is 6.17. The topological polar surface area (TPSA) is 42.2 Å². The Morgan fingerprint density at radius 2 is 1.63 bits per heavy atom. The summed E-state index contributed by atoms with van der Waals surface area (Å²) in [6.07, 6.45) is 0. The fourth-order valence-corrected chi connectivity index (χ4v) is 1.72. The van der Waals surface area contributed by atoms with E-state index in [4.69, 9.17) is 26.3 Å². The van der Waals surface area contributed by atoms with E-state index >= 15 is 0 Å². The Morgan fingerprint density at radius 1 is 0.947 bits per heavy atom. The molecule has 0 atom stereocenters. The monoisotopic (exact) mass is 273 g/mol. The highest BCUT2D eigenvalue weighted by Crippen LogP contribution is 2.21. The molecule has 0 radical (unpaired) electrons. The molecule has 0 N–H and O–H groups in total. The Hall–Kier alpha value is -2.18. The average Bonchev–Trinajstić information content (AvgIpc) is 2.45. The van der Waals surface area contributed by atoms with Gasteiger partial charge in [-0.05, 0) is 24.3 Å². The van der Waals surface area contributed by atoms with Crippen molar-refractivity contribution in [1.82, 2.24) is 0 Å². The number of halogens is 1. The Balaban J connectivity index is 1.80. The van der Waals surface area contributed by atoms with Gasteiger partial charge in [-0.15, -0.1) is 0 Å². The van der Waals surface area contributed by atoms with Crippen LogP contribution in [0.25, 0.3) is 0 Å². The highest BCUT2D eigenvalue weighted by atomic mass is 35.5. The summed E-state index contributed by atoms with van der Waals surface area (Å²) in [5.41, 5.74) is 0.439. The van der Waals surface area contributed by atoms with E-state index in [9.17, 15) is 0 Å². The maximum Gasteiger partial charge on any atom is 0.122 e. The van der Waals surface area contributed by atoms with Crippen LogP contribution in [0.4, 0.5) is 0 Å². The molecule has 0 fully saturated rings. The maximum atomic E-state index is 8.75. The zero-order chi connectivity index (χ0) is 13.5. The SMILES string of the molecule is N#Cc1ccc(OCCOc2ccccc2)cc1Cl. The van der Waals surface area contributed by atoms with Crippen LogP contribution in [-0.2, 0) is 0 Å². The molecule has 2 rings (SSSR count).